The van der Waals surface area contributed by atoms with Crippen LogP contribution in [0.3, 0.4) is 0 Å². The lowest BCUT2D eigenvalue weighted by molar-refractivity contribution is -0.139. The Balaban J connectivity index is 2.51. The molecule has 100 valence electrons. The van der Waals surface area contributed by atoms with Crippen LogP contribution in [0.4, 0.5) is 13.2 Å². The van der Waals surface area contributed by atoms with Crippen molar-refractivity contribution in [3.8, 4) is 0 Å². The standard InChI is InChI=1S/C13H9ClF3NO/c14-12-9(5-3-7-18-12)11(19)8-4-1-2-6-10(8)13(15,16)17/h1-7,11,19H. The molecule has 19 heavy (non-hydrogen) atoms. The summed E-state index contributed by atoms with van der Waals surface area (Å²) in [5.41, 5.74) is -0.992. The highest BCUT2D eigenvalue weighted by molar-refractivity contribution is 6.30. The first-order valence-corrected chi connectivity index (χ1v) is 5.73. The van der Waals surface area contributed by atoms with E-state index in [9.17, 15) is 18.3 Å². The van der Waals surface area contributed by atoms with E-state index in [1.165, 1.54) is 36.5 Å². The van der Waals surface area contributed by atoms with Gasteiger partial charge in [0, 0.05) is 11.8 Å². The van der Waals surface area contributed by atoms with E-state index in [0.29, 0.717) is 0 Å². The van der Waals surface area contributed by atoms with Crippen molar-refractivity contribution in [1.29, 1.82) is 0 Å². The first-order valence-electron chi connectivity index (χ1n) is 5.36. The summed E-state index contributed by atoms with van der Waals surface area (Å²) in [7, 11) is 0. The lowest BCUT2D eigenvalue weighted by Crippen LogP contribution is -2.13. The van der Waals surface area contributed by atoms with E-state index in [4.69, 9.17) is 11.6 Å². The van der Waals surface area contributed by atoms with Crippen LogP contribution in [0.25, 0.3) is 0 Å². The van der Waals surface area contributed by atoms with Crippen molar-refractivity contribution >= 4 is 11.6 Å². The number of alkyl halides is 3. The largest absolute Gasteiger partial charge is 0.416 e. The van der Waals surface area contributed by atoms with Crippen molar-refractivity contribution in [3.05, 3.63) is 64.4 Å². The Bertz CT molecular complexity index is 586. The molecule has 0 fully saturated rings. The molecule has 6 heteroatoms. The number of hydrogen-bond acceptors (Lipinski definition) is 2. The summed E-state index contributed by atoms with van der Waals surface area (Å²) in [5, 5.41) is 10.1. The van der Waals surface area contributed by atoms with Gasteiger partial charge in [-0.15, -0.1) is 0 Å². The molecule has 2 nitrogen and oxygen atoms in total. The van der Waals surface area contributed by atoms with Gasteiger partial charge in [-0.3, -0.25) is 0 Å². The molecule has 2 rings (SSSR count). The molecule has 0 amide bonds. The van der Waals surface area contributed by atoms with Crippen LogP contribution in [-0.4, -0.2) is 10.1 Å². The first kappa shape index (κ1) is 13.8. The van der Waals surface area contributed by atoms with E-state index >= 15 is 0 Å². The Kier molecular flexibility index (Phi) is 3.78. The number of rotatable bonds is 2. The van der Waals surface area contributed by atoms with Crippen LogP contribution in [0.2, 0.25) is 5.15 Å². The Hall–Kier alpha value is -1.59. The van der Waals surface area contributed by atoms with Gasteiger partial charge in [-0.2, -0.15) is 13.2 Å². The lowest BCUT2D eigenvalue weighted by Gasteiger charge is -2.18. The van der Waals surface area contributed by atoms with Crippen molar-refractivity contribution in [2.75, 3.05) is 0 Å². The van der Waals surface area contributed by atoms with Gasteiger partial charge in [0.1, 0.15) is 11.3 Å². The average Bonchev–Trinajstić information content (AvgIpc) is 2.37. The van der Waals surface area contributed by atoms with Crippen LogP contribution < -0.4 is 0 Å². The Morgan fingerprint density at radius 3 is 2.32 bits per heavy atom. The smallest absolute Gasteiger partial charge is 0.384 e. The predicted octanol–water partition coefficient (Wildman–Crippen LogP) is 3.84. The molecule has 0 aliphatic carbocycles. The number of aliphatic hydroxyl groups excluding tert-OH is 1. The summed E-state index contributed by atoms with van der Waals surface area (Å²) < 4.78 is 38.6. The van der Waals surface area contributed by atoms with Gasteiger partial charge in [-0.25, -0.2) is 4.98 Å². The van der Waals surface area contributed by atoms with Gasteiger partial charge in [-0.05, 0) is 17.7 Å². The fourth-order valence-electron chi connectivity index (χ4n) is 1.76. The van der Waals surface area contributed by atoms with E-state index in [2.05, 4.69) is 4.98 Å². The van der Waals surface area contributed by atoms with Gasteiger partial charge < -0.3 is 5.11 Å². The Morgan fingerprint density at radius 1 is 1.05 bits per heavy atom. The third kappa shape index (κ3) is 2.88. The highest BCUT2D eigenvalue weighted by Crippen LogP contribution is 2.37. The summed E-state index contributed by atoms with van der Waals surface area (Å²) in [4.78, 5) is 3.74. The second-order valence-electron chi connectivity index (χ2n) is 3.87. The second-order valence-corrected chi connectivity index (χ2v) is 4.23. The van der Waals surface area contributed by atoms with Gasteiger partial charge in [0.15, 0.2) is 0 Å². The van der Waals surface area contributed by atoms with Crippen molar-refractivity contribution in [3.63, 3.8) is 0 Å². The number of pyridine rings is 1. The van der Waals surface area contributed by atoms with E-state index < -0.39 is 17.8 Å². The third-order valence-corrected chi connectivity index (χ3v) is 2.96. The van der Waals surface area contributed by atoms with Gasteiger partial charge >= 0.3 is 6.18 Å². The molecular formula is C13H9ClF3NO. The van der Waals surface area contributed by atoms with Crippen LogP contribution in [0.1, 0.15) is 22.8 Å². The molecule has 1 N–H and O–H groups in total. The zero-order chi connectivity index (χ0) is 14.0. The molecule has 0 saturated heterocycles. The number of aromatic nitrogens is 1. The van der Waals surface area contributed by atoms with Crippen LogP contribution in [-0.2, 0) is 6.18 Å². The minimum atomic E-state index is -4.54. The van der Waals surface area contributed by atoms with Crippen molar-refractivity contribution in [2.24, 2.45) is 0 Å². The van der Waals surface area contributed by atoms with Gasteiger partial charge in [0.2, 0.25) is 0 Å². The molecular weight excluding hydrogens is 279 g/mol. The summed E-state index contributed by atoms with van der Waals surface area (Å²) in [6.45, 7) is 0. The molecule has 0 aliphatic rings. The molecule has 0 aliphatic heterocycles. The van der Waals surface area contributed by atoms with Crippen LogP contribution in [0.5, 0.6) is 0 Å². The minimum absolute atomic E-state index is 0.0213. The highest BCUT2D eigenvalue weighted by Gasteiger charge is 2.35. The van der Waals surface area contributed by atoms with Crippen molar-refractivity contribution in [1.82, 2.24) is 4.98 Å². The fraction of sp³-hybridized carbons (Fsp3) is 0.154. The highest BCUT2D eigenvalue weighted by atomic mass is 35.5. The van der Waals surface area contributed by atoms with E-state index in [1.807, 2.05) is 0 Å². The zero-order valence-electron chi connectivity index (χ0n) is 9.53. The van der Waals surface area contributed by atoms with Crippen LogP contribution >= 0.6 is 11.6 Å². The number of halogens is 4. The van der Waals surface area contributed by atoms with Gasteiger partial charge in [-0.1, -0.05) is 35.9 Å². The molecule has 1 aromatic heterocycles. The Labute approximate surface area is 112 Å². The number of benzene rings is 1. The maximum atomic E-state index is 12.9. The van der Waals surface area contributed by atoms with E-state index in [0.717, 1.165) is 6.07 Å². The first-order chi connectivity index (χ1) is 8.91. The van der Waals surface area contributed by atoms with Gasteiger partial charge in [0.05, 0.1) is 5.56 Å². The topological polar surface area (TPSA) is 33.1 Å². The SMILES string of the molecule is OC(c1ccccc1C(F)(F)F)c1cccnc1Cl. The number of hydrogen-bond donors (Lipinski definition) is 1. The second kappa shape index (κ2) is 5.19. The van der Waals surface area contributed by atoms with E-state index in [1.54, 1.807) is 0 Å². The van der Waals surface area contributed by atoms with Crippen LogP contribution in [0, 0.1) is 0 Å². The van der Waals surface area contributed by atoms with Crippen molar-refractivity contribution in [2.45, 2.75) is 12.3 Å². The summed E-state index contributed by atoms with van der Waals surface area (Å²) in [6.07, 6.45) is -4.61. The third-order valence-electron chi connectivity index (χ3n) is 2.64. The minimum Gasteiger partial charge on any atom is -0.384 e. The molecule has 0 radical (unpaired) electrons. The molecule has 1 heterocycles. The molecule has 0 saturated carbocycles. The average molecular weight is 288 g/mol. The monoisotopic (exact) mass is 287 g/mol. The molecule has 0 spiro atoms. The molecule has 2 aromatic rings. The van der Waals surface area contributed by atoms with Crippen molar-refractivity contribution < 1.29 is 18.3 Å². The molecule has 1 aromatic carbocycles. The fourth-order valence-corrected chi connectivity index (χ4v) is 1.99. The quantitative estimate of drug-likeness (QED) is 0.852. The lowest BCUT2D eigenvalue weighted by atomic mass is 9.97. The summed E-state index contributed by atoms with van der Waals surface area (Å²) in [6, 6.07) is 7.77. The Morgan fingerprint density at radius 2 is 1.68 bits per heavy atom. The summed E-state index contributed by atoms with van der Waals surface area (Å²) in [5.74, 6) is 0. The summed E-state index contributed by atoms with van der Waals surface area (Å²) >= 11 is 5.78. The van der Waals surface area contributed by atoms with Gasteiger partial charge in [0.25, 0.3) is 0 Å². The molecule has 1 unspecified atom stereocenters. The van der Waals surface area contributed by atoms with E-state index in [-0.39, 0.29) is 16.3 Å². The number of aliphatic hydroxyl groups is 1. The number of nitrogens with zero attached hydrogens (tertiary/aromatic N) is 1. The normalized spacial score (nSPS) is 13.3. The maximum absolute atomic E-state index is 12.9. The predicted molar refractivity (Wildman–Crippen MR) is 64.8 cm³/mol. The van der Waals surface area contributed by atoms with Crippen LogP contribution in [0.15, 0.2) is 42.6 Å². The zero-order valence-corrected chi connectivity index (χ0v) is 10.3. The molecule has 0 bridgehead atoms. The molecule has 1 atom stereocenters. The maximum Gasteiger partial charge on any atom is 0.416 e.